The molecule has 0 atom stereocenters. The molecule has 0 spiro atoms. The molecule has 0 aliphatic carbocycles. The van der Waals surface area contributed by atoms with E-state index in [1.165, 1.54) is 6.21 Å². The molecule has 1 aliphatic heterocycles. The van der Waals surface area contributed by atoms with Gasteiger partial charge in [-0.3, -0.25) is 10.2 Å². The Bertz CT molecular complexity index is 1070. The van der Waals surface area contributed by atoms with E-state index in [-0.39, 0.29) is 11.7 Å². The molecule has 30 heavy (non-hydrogen) atoms. The number of hydrazone groups is 2. The molecule has 0 bridgehead atoms. The van der Waals surface area contributed by atoms with Crippen LogP contribution in [0.1, 0.15) is 28.7 Å². The molecule has 0 fully saturated rings. The number of phenols is 1. The molecule has 6 heteroatoms. The molecule has 4 rings (SSSR count). The lowest BCUT2D eigenvalue weighted by atomic mass is 9.80. The highest BCUT2D eigenvalue weighted by molar-refractivity contribution is 6.39. The van der Waals surface area contributed by atoms with Crippen molar-refractivity contribution in [1.82, 2.24) is 10.9 Å². The van der Waals surface area contributed by atoms with Gasteiger partial charge in [-0.25, -0.2) is 5.43 Å². The van der Waals surface area contributed by atoms with E-state index in [0.29, 0.717) is 17.7 Å². The van der Waals surface area contributed by atoms with E-state index in [1.807, 2.05) is 73.7 Å². The van der Waals surface area contributed by atoms with Crippen LogP contribution in [0.15, 0.2) is 89.1 Å². The SMILES string of the molecule is Cc1ccc(/C=N/NC(=O)C2=NNC(c3ccccc3)(c3ccccc3)C2)c(O)c1. The molecule has 3 aromatic carbocycles. The Labute approximate surface area is 175 Å². The minimum atomic E-state index is -0.617. The van der Waals surface area contributed by atoms with Crippen LogP contribution in [0, 0.1) is 6.92 Å². The van der Waals surface area contributed by atoms with Gasteiger partial charge in [0.1, 0.15) is 17.0 Å². The van der Waals surface area contributed by atoms with Gasteiger partial charge >= 0.3 is 0 Å². The fraction of sp³-hybridized carbons (Fsp3) is 0.125. The van der Waals surface area contributed by atoms with Crippen LogP contribution < -0.4 is 10.9 Å². The first-order valence-electron chi connectivity index (χ1n) is 9.66. The second-order valence-electron chi connectivity index (χ2n) is 7.25. The number of hydrogen-bond acceptors (Lipinski definition) is 5. The minimum absolute atomic E-state index is 0.111. The van der Waals surface area contributed by atoms with Gasteiger partial charge in [0, 0.05) is 12.0 Å². The number of hydrogen-bond donors (Lipinski definition) is 3. The molecule has 1 heterocycles. The summed E-state index contributed by atoms with van der Waals surface area (Å²) in [5, 5.41) is 18.3. The number of phenolic OH excluding ortho intramolecular Hbond substituents is 1. The van der Waals surface area contributed by atoms with Gasteiger partial charge in [0.05, 0.1) is 6.21 Å². The molecule has 0 unspecified atom stereocenters. The van der Waals surface area contributed by atoms with Crippen LogP contribution in [0.3, 0.4) is 0 Å². The van der Waals surface area contributed by atoms with Crippen LogP contribution >= 0.6 is 0 Å². The summed E-state index contributed by atoms with van der Waals surface area (Å²) < 4.78 is 0. The minimum Gasteiger partial charge on any atom is -0.507 e. The van der Waals surface area contributed by atoms with E-state index < -0.39 is 5.54 Å². The Hall–Kier alpha value is -3.93. The van der Waals surface area contributed by atoms with Gasteiger partial charge < -0.3 is 5.11 Å². The average molecular weight is 398 g/mol. The first-order chi connectivity index (χ1) is 14.6. The average Bonchev–Trinajstić information content (AvgIpc) is 3.23. The third-order valence-electron chi connectivity index (χ3n) is 5.17. The molecule has 3 N–H and O–H groups in total. The lowest BCUT2D eigenvalue weighted by Gasteiger charge is -2.30. The zero-order valence-electron chi connectivity index (χ0n) is 16.5. The molecule has 0 saturated heterocycles. The molecule has 0 saturated carbocycles. The van der Waals surface area contributed by atoms with Crippen LogP contribution in [0.2, 0.25) is 0 Å². The van der Waals surface area contributed by atoms with Crippen molar-refractivity contribution in [2.75, 3.05) is 0 Å². The molecule has 1 aliphatic rings. The third kappa shape index (κ3) is 3.80. The molecule has 0 radical (unpaired) electrons. The van der Waals surface area contributed by atoms with Crippen LogP contribution in [-0.4, -0.2) is 22.9 Å². The number of nitrogens with one attached hydrogen (secondary N) is 2. The van der Waals surface area contributed by atoms with Gasteiger partial charge in [-0.1, -0.05) is 66.7 Å². The smallest absolute Gasteiger partial charge is 0.287 e. The van der Waals surface area contributed by atoms with Crippen LogP contribution in [0.5, 0.6) is 5.75 Å². The molecule has 150 valence electrons. The van der Waals surface area contributed by atoms with Gasteiger partial charge in [0.2, 0.25) is 0 Å². The van der Waals surface area contributed by atoms with Crippen molar-refractivity contribution >= 4 is 17.8 Å². The highest BCUT2D eigenvalue weighted by atomic mass is 16.3. The van der Waals surface area contributed by atoms with Crippen LogP contribution in [0.25, 0.3) is 0 Å². The van der Waals surface area contributed by atoms with Gasteiger partial charge in [0.25, 0.3) is 5.91 Å². The first-order valence-corrected chi connectivity index (χ1v) is 9.66. The highest BCUT2D eigenvalue weighted by Gasteiger charge is 2.41. The predicted octanol–water partition coefficient (Wildman–Crippen LogP) is 3.44. The second kappa shape index (κ2) is 8.21. The molecule has 3 aromatic rings. The second-order valence-corrected chi connectivity index (χ2v) is 7.25. The number of carbonyl (C=O) groups is 1. The zero-order valence-corrected chi connectivity index (χ0v) is 16.5. The monoisotopic (exact) mass is 398 g/mol. The number of benzene rings is 3. The number of rotatable bonds is 5. The molecular formula is C24H22N4O2. The first kappa shape index (κ1) is 19.4. The predicted molar refractivity (Wildman–Crippen MR) is 117 cm³/mol. The third-order valence-corrected chi connectivity index (χ3v) is 5.17. The van der Waals surface area contributed by atoms with Gasteiger partial charge in [-0.05, 0) is 35.7 Å². The van der Waals surface area contributed by atoms with Crippen molar-refractivity contribution in [2.45, 2.75) is 18.9 Å². The maximum Gasteiger partial charge on any atom is 0.287 e. The normalized spacial score (nSPS) is 14.9. The summed E-state index contributed by atoms with van der Waals surface area (Å²) in [6, 6.07) is 25.1. The lowest BCUT2D eigenvalue weighted by Crippen LogP contribution is -2.38. The van der Waals surface area contributed by atoms with Gasteiger partial charge in [-0.2, -0.15) is 10.2 Å². The summed E-state index contributed by atoms with van der Waals surface area (Å²) in [7, 11) is 0. The Morgan fingerprint density at radius 3 is 2.30 bits per heavy atom. The van der Waals surface area contributed by atoms with E-state index in [1.54, 1.807) is 12.1 Å². The van der Waals surface area contributed by atoms with Crippen molar-refractivity contribution in [3.05, 3.63) is 101 Å². The molecular weight excluding hydrogens is 376 g/mol. The van der Waals surface area contributed by atoms with E-state index in [4.69, 9.17) is 0 Å². The number of aromatic hydroxyl groups is 1. The van der Waals surface area contributed by atoms with E-state index in [2.05, 4.69) is 21.1 Å². The Morgan fingerprint density at radius 2 is 1.70 bits per heavy atom. The van der Waals surface area contributed by atoms with Crippen molar-refractivity contribution in [3.8, 4) is 5.75 Å². The number of amides is 1. The summed E-state index contributed by atoms with van der Waals surface area (Å²) in [6.45, 7) is 1.89. The number of carbonyl (C=O) groups excluding carboxylic acids is 1. The van der Waals surface area contributed by atoms with E-state index in [0.717, 1.165) is 16.7 Å². The topological polar surface area (TPSA) is 86.1 Å². The van der Waals surface area contributed by atoms with Crippen molar-refractivity contribution in [2.24, 2.45) is 10.2 Å². The maximum atomic E-state index is 12.7. The van der Waals surface area contributed by atoms with E-state index >= 15 is 0 Å². The lowest BCUT2D eigenvalue weighted by molar-refractivity contribution is -0.114. The highest BCUT2D eigenvalue weighted by Crippen LogP contribution is 2.36. The van der Waals surface area contributed by atoms with Crippen molar-refractivity contribution < 1.29 is 9.90 Å². The zero-order chi connectivity index (χ0) is 21.0. The maximum absolute atomic E-state index is 12.7. The Balaban J connectivity index is 1.52. The summed E-state index contributed by atoms with van der Waals surface area (Å²) in [4.78, 5) is 12.7. The van der Waals surface area contributed by atoms with Gasteiger partial charge in [-0.15, -0.1) is 0 Å². The Morgan fingerprint density at radius 1 is 1.07 bits per heavy atom. The number of nitrogens with zero attached hydrogens (tertiary/aromatic N) is 2. The quantitative estimate of drug-likeness (QED) is 0.455. The summed E-state index contributed by atoms with van der Waals surface area (Å²) in [6.07, 6.45) is 1.80. The summed E-state index contributed by atoms with van der Waals surface area (Å²) >= 11 is 0. The fourth-order valence-corrected chi connectivity index (χ4v) is 3.56. The summed E-state index contributed by atoms with van der Waals surface area (Å²) in [5.74, 6) is -0.279. The van der Waals surface area contributed by atoms with Crippen molar-refractivity contribution in [1.29, 1.82) is 0 Å². The van der Waals surface area contributed by atoms with Crippen molar-refractivity contribution in [3.63, 3.8) is 0 Å². The number of aryl methyl sites for hydroxylation is 1. The molecule has 6 nitrogen and oxygen atoms in total. The standard InChI is InChI=1S/C24H22N4O2/c1-17-12-13-18(22(29)14-17)16-25-27-23(30)21-15-24(28-26-21,19-8-4-2-5-9-19)20-10-6-3-7-11-20/h2-14,16,28-29H,15H2,1H3,(H,27,30)/b25-16+. The molecule has 1 amide bonds. The fourth-order valence-electron chi connectivity index (χ4n) is 3.56. The largest absolute Gasteiger partial charge is 0.507 e. The Kier molecular flexibility index (Phi) is 5.30. The van der Waals surface area contributed by atoms with Crippen LogP contribution in [0.4, 0.5) is 0 Å². The van der Waals surface area contributed by atoms with Gasteiger partial charge in [0.15, 0.2) is 0 Å². The van der Waals surface area contributed by atoms with Crippen LogP contribution in [-0.2, 0) is 10.3 Å². The summed E-state index contributed by atoms with van der Waals surface area (Å²) in [5.41, 5.74) is 8.95. The molecule has 0 aromatic heterocycles. The van der Waals surface area contributed by atoms with E-state index in [9.17, 15) is 9.90 Å².